The van der Waals surface area contributed by atoms with Crippen molar-refractivity contribution in [2.45, 2.75) is 44.7 Å². The third kappa shape index (κ3) is 1.54. The van der Waals surface area contributed by atoms with E-state index >= 15 is 0 Å². The predicted molar refractivity (Wildman–Crippen MR) is 53.9 cm³/mol. The van der Waals surface area contributed by atoms with Gasteiger partial charge in [0.15, 0.2) is 0 Å². The van der Waals surface area contributed by atoms with Gasteiger partial charge in [0.2, 0.25) is 0 Å². The lowest BCUT2D eigenvalue weighted by molar-refractivity contribution is -0.148. The van der Waals surface area contributed by atoms with Gasteiger partial charge in [-0.15, -0.1) is 0 Å². The molecular formula is C11H19NO2. The molecule has 0 aromatic heterocycles. The Kier molecular flexibility index (Phi) is 2.77. The second-order valence-corrected chi connectivity index (χ2v) is 4.43. The molecule has 0 radical (unpaired) electrons. The van der Waals surface area contributed by atoms with Gasteiger partial charge in [0.25, 0.3) is 0 Å². The third-order valence-electron chi connectivity index (χ3n) is 3.72. The minimum atomic E-state index is -0.0237. The molecule has 1 saturated heterocycles. The summed E-state index contributed by atoms with van der Waals surface area (Å²) in [5.41, 5.74) is 0. The standard InChI is InChI=1S/C11H19NO2/c1-3-14-11(13)10-7-8-5-4-6-9(8)12(10)2/h8-10H,3-7H2,1-2H3/t8-,9-,10?/m1/s1. The van der Waals surface area contributed by atoms with E-state index < -0.39 is 0 Å². The lowest BCUT2D eigenvalue weighted by Crippen LogP contribution is -2.38. The molecule has 80 valence electrons. The van der Waals surface area contributed by atoms with E-state index in [0.717, 1.165) is 12.3 Å². The molecule has 3 nitrogen and oxygen atoms in total. The number of nitrogens with zero attached hydrogens (tertiary/aromatic N) is 1. The van der Waals surface area contributed by atoms with Gasteiger partial charge in [0, 0.05) is 6.04 Å². The van der Waals surface area contributed by atoms with E-state index in [-0.39, 0.29) is 12.0 Å². The van der Waals surface area contributed by atoms with Crippen LogP contribution in [-0.2, 0) is 9.53 Å². The Bertz CT molecular complexity index is 229. The van der Waals surface area contributed by atoms with Crippen LogP contribution < -0.4 is 0 Å². The zero-order chi connectivity index (χ0) is 10.1. The minimum absolute atomic E-state index is 0.0237. The van der Waals surface area contributed by atoms with Crippen LogP contribution in [-0.4, -0.2) is 36.6 Å². The molecule has 0 N–H and O–H groups in total. The van der Waals surface area contributed by atoms with Gasteiger partial charge < -0.3 is 4.74 Å². The van der Waals surface area contributed by atoms with Gasteiger partial charge in [-0.25, -0.2) is 0 Å². The van der Waals surface area contributed by atoms with Crippen molar-refractivity contribution in [2.24, 2.45) is 5.92 Å². The number of rotatable bonds is 2. The second-order valence-electron chi connectivity index (χ2n) is 4.43. The maximum atomic E-state index is 11.6. The molecule has 2 fully saturated rings. The van der Waals surface area contributed by atoms with E-state index in [4.69, 9.17) is 4.74 Å². The van der Waals surface area contributed by atoms with Crippen LogP contribution in [0.1, 0.15) is 32.6 Å². The van der Waals surface area contributed by atoms with Gasteiger partial charge >= 0.3 is 5.97 Å². The van der Waals surface area contributed by atoms with Gasteiger partial charge in [0.1, 0.15) is 6.04 Å². The molecule has 2 aliphatic rings. The van der Waals surface area contributed by atoms with E-state index in [1.165, 1.54) is 19.3 Å². The van der Waals surface area contributed by atoms with Gasteiger partial charge in [0.05, 0.1) is 6.61 Å². The van der Waals surface area contributed by atoms with E-state index in [1.807, 2.05) is 6.92 Å². The molecule has 0 amide bonds. The maximum Gasteiger partial charge on any atom is 0.323 e. The zero-order valence-electron chi connectivity index (χ0n) is 9.03. The normalized spacial score (nSPS) is 37.1. The molecule has 2 rings (SSSR count). The van der Waals surface area contributed by atoms with Crippen LogP contribution in [0, 0.1) is 5.92 Å². The fourth-order valence-electron chi connectivity index (χ4n) is 3.01. The molecule has 14 heavy (non-hydrogen) atoms. The lowest BCUT2D eigenvalue weighted by atomic mass is 10.0. The number of esters is 1. The number of likely N-dealkylation sites (tertiary alicyclic amines) is 1. The van der Waals surface area contributed by atoms with Gasteiger partial charge in [-0.1, -0.05) is 6.42 Å². The predicted octanol–water partition coefficient (Wildman–Crippen LogP) is 1.42. The van der Waals surface area contributed by atoms with Crippen molar-refractivity contribution in [3.63, 3.8) is 0 Å². The van der Waals surface area contributed by atoms with Crippen LogP contribution in [0.4, 0.5) is 0 Å². The molecule has 3 heteroatoms. The number of carbonyl (C=O) groups excluding carboxylic acids is 1. The molecule has 3 atom stereocenters. The Morgan fingerprint density at radius 1 is 1.50 bits per heavy atom. The van der Waals surface area contributed by atoms with Gasteiger partial charge in [-0.2, -0.15) is 0 Å². The number of likely N-dealkylation sites (N-methyl/N-ethyl adjacent to an activating group) is 1. The fourth-order valence-corrected chi connectivity index (χ4v) is 3.01. The summed E-state index contributed by atoms with van der Waals surface area (Å²) in [5, 5.41) is 0. The zero-order valence-corrected chi connectivity index (χ0v) is 9.03. The summed E-state index contributed by atoms with van der Waals surface area (Å²) in [6.07, 6.45) is 4.90. The van der Waals surface area contributed by atoms with Crippen LogP contribution in [0.25, 0.3) is 0 Å². The molecule has 1 heterocycles. The van der Waals surface area contributed by atoms with Crippen molar-refractivity contribution in [3.05, 3.63) is 0 Å². The summed E-state index contributed by atoms with van der Waals surface area (Å²) in [4.78, 5) is 13.9. The largest absolute Gasteiger partial charge is 0.465 e. The number of fused-ring (bicyclic) bond motifs is 1. The first kappa shape index (κ1) is 9.97. The smallest absolute Gasteiger partial charge is 0.323 e. The summed E-state index contributed by atoms with van der Waals surface area (Å²) in [6.45, 7) is 2.37. The van der Waals surface area contributed by atoms with E-state index in [0.29, 0.717) is 12.6 Å². The lowest BCUT2D eigenvalue weighted by Gasteiger charge is -2.23. The summed E-state index contributed by atoms with van der Waals surface area (Å²) in [5.74, 6) is 0.721. The molecule has 0 bridgehead atoms. The van der Waals surface area contributed by atoms with Crippen LogP contribution in [0.15, 0.2) is 0 Å². The average Bonchev–Trinajstić information content (AvgIpc) is 2.69. The van der Waals surface area contributed by atoms with E-state index in [2.05, 4.69) is 11.9 Å². The summed E-state index contributed by atoms with van der Waals surface area (Å²) in [6, 6.07) is 0.676. The number of hydrogen-bond donors (Lipinski definition) is 0. The van der Waals surface area contributed by atoms with E-state index in [9.17, 15) is 4.79 Å². The minimum Gasteiger partial charge on any atom is -0.465 e. The van der Waals surface area contributed by atoms with Crippen LogP contribution >= 0.6 is 0 Å². The SMILES string of the molecule is CCOC(=O)C1C[C@H]2CCC[C@H]2N1C. The Hall–Kier alpha value is -0.570. The molecule has 0 aromatic carbocycles. The Labute approximate surface area is 85.4 Å². The highest BCUT2D eigenvalue weighted by molar-refractivity contribution is 5.76. The fraction of sp³-hybridized carbons (Fsp3) is 0.909. The molecule has 1 aliphatic heterocycles. The summed E-state index contributed by atoms with van der Waals surface area (Å²) >= 11 is 0. The molecule has 1 aliphatic carbocycles. The third-order valence-corrected chi connectivity index (χ3v) is 3.72. The Morgan fingerprint density at radius 3 is 2.93 bits per heavy atom. The van der Waals surface area contributed by atoms with Gasteiger partial charge in [-0.05, 0) is 39.2 Å². The second kappa shape index (κ2) is 3.89. The summed E-state index contributed by atoms with van der Waals surface area (Å²) < 4.78 is 5.08. The highest BCUT2D eigenvalue weighted by atomic mass is 16.5. The van der Waals surface area contributed by atoms with Crippen molar-refractivity contribution in [2.75, 3.05) is 13.7 Å². The monoisotopic (exact) mass is 197 g/mol. The maximum absolute atomic E-state index is 11.6. The topological polar surface area (TPSA) is 29.5 Å². The van der Waals surface area contributed by atoms with Crippen molar-refractivity contribution in [1.29, 1.82) is 0 Å². The van der Waals surface area contributed by atoms with Crippen molar-refractivity contribution >= 4 is 5.97 Å². The molecule has 1 unspecified atom stereocenters. The first-order valence-corrected chi connectivity index (χ1v) is 5.62. The Balaban J connectivity index is 1.99. The number of ether oxygens (including phenoxy) is 1. The first-order valence-electron chi connectivity index (χ1n) is 5.62. The first-order chi connectivity index (χ1) is 6.74. The number of hydrogen-bond acceptors (Lipinski definition) is 3. The van der Waals surface area contributed by atoms with Crippen molar-refractivity contribution in [1.82, 2.24) is 4.90 Å². The highest BCUT2D eigenvalue weighted by Gasteiger charge is 2.44. The Morgan fingerprint density at radius 2 is 2.29 bits per heavy atom. The molecule has 0 spiro atoms. The molecule has 1 saturated carbocycles. The average molecular weight is 197 g/mol. The molecule has 0 aromatic rings. The number of carbonyl (C=O) groups is 1. The van der Waals surface area contributed by atoms with Crippen LogP contribution in [0.5, 0.6) is 0 Å². The van der Waals surface area contributed by atoms with E-state index in [1.54, 1.807) is 0 Å². The summed E-state index contributed by atoms with van der Waals surface area (Å²) in [7, 11) is 2.07. The van der Waals surface area contributed by atoms with Gasteiger partial charge in [-0.3, -0.25) is 9.69 Å². The highest BCUT2D eigenvalue weighted by Crippen LogP contribution is 2.40. The van der Waals surface area contributed by atoms with Crippen LogP contribution in [0.2, 0.25) is 0 Å². The van der Waals surface area contributed by atoms with Crippen molar-refractivity contribution < 1.29 is 9.53 Å². The van der Waals surface area contributed by atoms with Crippen LogP contribution in [0.3, 0.4) is 0 Å². The molecular weight excluding hydrogens is 178 g/mol. The quantitative estimate of drug-likeness (QED) is 0.627. The van der Waals surface area contributed by atoms with Crippen molar-refractivity contribution in [3.8, 4) is 0 Å².